The lowest BCUT2D eigenvalue weighted by Crippen LogP contribution is -1.97. The summed E-state index contributed by atoms with van der Waals surface area (Å²) in [4.78, 5) is 0. The van der Waals surface area contributed by atoms with Crippen LogP contribution in [0.1, 0.15) is 6.92 Å². The second-order valence-corrected chi connectivity index (χ2v) is 3.83. The van der Waals surface area contributed by atoms with E-state index in [9.17, 15) is 4.39 Å². The Morgan fingerprint density at radius 2 is 2.00 bits per heavy atom. The predicted molar refractivity (Wildman–Crippen MR) is 66.9 cm³/mol. The molecule has 0 aliphatic rings. The Kier molecular flexibility index (Phi) is 3.64. The number of halogens is 2. The fourth-order valence-electron chi connectivity index (χ4n) is 1.64. The van der Waals surface area contributed by atoms with E-state index in [0.29, 0.717) is 17.2 Å². The summed E-state index contributed by atoms with van der Waals surface area (Å²) in [5, 5.41) is 0.457. The highest BCUT2D eigenvalue weighted by molar-refractivity contribution is 6.33. The van der Waals surface area contributed by atoms with E-state index in [0.717, 1.165) is 5.56 Å². The van der Waals surface area contributed by atoms with Crippen molar-refractivity contribution in [1.29, 1.82) is 0 Å². The molecule has 1 nitrogen and oxygen atoms in total. The molecule has 3 heteroatoms. The van der Waals surface area contributed by atoms with Gasteiger partial charge in [0, 0.05) is 17.2 Å². The highest BCUT2D eigenvalue weighted by Crippen LogP contribution is 2.36. The second-order valence-electron chi connectivity index (χ2n) is 3.45. The fraction of sp³-hybridized carbons (Fsp3) is 0.143. The molecule has 0 aromatic heterocycles. The topological polar surface area (TPSA) is 9.23 Å². The molecule has 17 heavy (non-hydrogen) atoms. The van der Waals surface area contributed by atoms with Crippen LogP contribution in [0.4, 0.5) is 4.39 Å². The largest absolute Gasteiger partial charge is 0.490 e. The minimum absolute atomic E-state index is 0.233. The predicted octanol–water partition coefficient (Wildman–Crippen LogP) is 4.34. The van der Waals surface area contributed by atoms with E-state index in [2.05, 4.69) is 6.07 Å². The molecular formula is C14H11ClFO. The van der Waals surface area contributed by atoms with Crippen LogP contribution in [-0.2, 0) is 0 Å². The number of rotatable bonds is 3. The van der Waals surface area contributed by atoms with E-state index in [1.165, 1.54) is 6.07 Å². The molecule has 0 N–H and O–H groups in total. The lowest BCUT2D eigenvalue weighted by atomic mass is 10.0. The van der Waals surface area contributed by atoms with Gasteiger partial charge in [0.1, 0.15) is 0 Å². The first kappa shape index (κ1) is 11.9. The van der Waals surface area contributed by atoms with Gasteiger partial charge in [-0.15, -0.1) is 0 Å². The Bertz CT molecular complexity index is 525. The Morgan fingerprint density at radius 3 is 2.71 bits per heavy atom. The molecule has 0 heterocycles. The van der Waals surface area contributed by atoms with E-state index in [-0.39, 0.29) is 11.6 Å². The van der Waals surface area contributed by atoms with Crippen LogP contribution < -0.4 is 4.74 Å². The van der Waals surface area contributed by atoms with E-state index in [1.54, 1.807) is 18.2 Å². The summed E-state index contributed by atoms with van der Waals surface area (Å²) >= 11 is 6.05. The quantitative estimate of drug-likeness (QED) is 0.786. The molecule has 2 aromatic carbocycles. The monoisotopic (exact) mass is 249 g/mol. The van der Waals surface area contributed by atoms with Gasteiger partial charge < -0.3 is 4.74 Å². The van der Waals surface area contributed by atoms with Crippen molar-refractivity contribution in [2.45, 2.75) is 6.92 Å². The Hall–Kier alpha value is -1.54. The Balaban J connectivity index is 2.59. The lowest BCUT2D eigenvalue weighted by Gasteiger charge is -2.12. The molecule has 0 atom stereocenters. The molecule has 0 aliphatic heterocycles. The highest BCUT2D eigenvalue weighted by Gasteiger charge is 2.13. The van der Waals surface area contributed by atoms with Gasteiger partial charge in [0.15, 0.2) is 11.6 Å². The molecule has 0 aliphatic carbocycles. The van der Waals surface area contributed by atoms with E-state index in [1.807, 2.05) is 19.1 Å². The average molecular weight is 250 g/mol. The first-order chi connectivity index (χ1) is 8.24. The van der Waals surface area contributed by atoms with Crippen molar-refractivity contribution in [2.24, 2.45) is 0 Å². The van der Waals surface area contributed by atoms with Crippen LogP contribution in [0.3, 0.4) is 0 Å². The molecular weight excluding hydrogens is 239 g/mol. The number of benzene rings is 2. The summed E-state index contributed by atoms with van der Waals surface area (Å²) in [6, 6.07) is 13.0. The summed E-state index contributed by atoms with van der Waals surface area (Å²) in [5.74, 6) is -0.152. The molecule has 0 amide bonds. The third kappa shape index (κ3) is 2.42. The standard InChI is InChI=1S/C14H11ClFO/c1-2-17-14-11(7-5-9-13(14)16)10-6-3-4-8-12(10)15/h3-7,9H,2H2,1H3. The molecule has 1 radical (unpaired) electrons. The van der Waals surface area contributed by atoms with Crippen molar-refractivity contribution < 1.29 is 9.13 Å². The summed E-state index contributed by atoms with van der Waals surface area (Å²) in [5.41, 5.74) is 1.37. The fourth-order valence-corrected chi connectivity index (χ4v) is 1.86. The molecule has 0 saturated carbocycles. The van der Waals surface area contributed by atoms with E-state index >= 15 is 0 Å². The van der Waals surface area contributed by atoms with Crippen molar-refractivity contribution >= 4 is 11.6 Å². The maximum absolute atomic E-state index is 13.7. The van der Waals surface area contributed by atoms with Crippen molar-refractivity contribution in [1.82, 2.24) is 0 Å². The van der Waals surface area contributed by atoms with Gasteiger partial charge >= 0.3 is 0 Å². The highest BCUT2D eigenvalue weighted by atomic mass is 35.5. The molecule has 87 valence electrons. The van der Waals surface area contributed by atoms with Crippen LogP contribution in [0.15, 0.2) is 36.4 Å². The van der Waals surface area contributed by atoms with Gasteiger partial charge in [0.05, 0.1) is 11.6 Å². The number of para-hydroxylation sites is 1. The second kappa shape index (κ2) is 5.19. The first-order valence-electron chi connectivity index (χ1n) is 5.32. The Morgan fingerprint density at radius 1 is 1.24 bits per heavy atom. The summed E-state index contributed by atoms with van der Waals surface area (Å²) in [7, 11) is 0. The van der Waals surface area contributed by atoms with E-state index < -0.39 is 0 Å². The molecule has 2 aromatic rings. The Labute approximate surface area is 105 Å². The van der Waals surface area contributed by atoms with Gasteiger partial charge in [-0.2, -0.15) is 0 Å². The zero-order chi connectivity index (χ0) is 12.3. The van der Waals surface area contributed by atoms with Gasteiger partial charge in [-0.3, -0.25) is 0 Å². The molecule has 0 saturated heterocycles. The smallest absolute Gasteiger partial charge is 0.165 e. The van der Waals surface area contributed by atoms with Crippen LogP contribution in [0.5, 0.6) is 5.75 Å². The molecule has 0 fully saturated rings. The van der Waals surface area contributed by atoms with Gasteiger partial charge in [0.2, 0.25) is 0 Å². The maximum Gasteiger partial charge on any atom is 0.165 e. The van der Waals surface area contributed by atoms with Crippen LogP contribution >= 0.6 is 11.6 Å². The zero-order valence-electron chi connectivity index (χ0n) is 9.34. The first-order valence-corrected chi connectivity index (χ1v) is 5.69. The molecule has 0 unspecified atom stereocenters. The van der Waals surface area contributed by atoms with Crippen LogP contribution in [0, 0.1) is 11.9 Å². The molecule has 0 spiro atoms. The van der Waals surface area contributed by atoms with E-state index in [4.69, 9.17) is 16.3 Å². The summed E-state index contributed by atoms with van der Waals surface area (Å²) in [6.07, 6.45) is 0. The summed E-state index contributed by atoms with van der Waals surface area (Å²) in [6.45, 7) is 2.22. The van der Waals surface area contributed by atoms with Crippen LogP contribution in [0.25, 0.3) is 11.1 Å². The van der Waals surface area contributed by atoms with Crippen molar-refractivity contribution in [3.8, 4) is 16.9 Å². The van der Waals surface area contributed by atoms with Crippen molar-refractivity contribution in [2.75, 3.05) is 6.61 Å². The minimum atomic E-state index is -0.385. The van der Waals surface area contributed by atoms with Crippen LogP contribution in [-0.4, -0.2) is 6.61 Å². The number of hydrogen-bond donors (Lipinski definition) is 0. The number of hydrogen-bond acceptors (Lipinski definition) is 1. The van der Waals surface area contributed by atoms with Crippen LogP contribution in [0.2, 0.25) is 5.02 Å². The number of ether oxygens (including phenoxy) is 1. The third-order valence-corrected chi connectivity index (χ3v) is 2.66. The van der Waals surface area contributed by atoms with Gasteiger partial charge in [-0.05, 0) is 13.0 Å². The van der Waals surface area contributed by atoms with Crippen molar-refractivity contribution in [3.05, 3.63) is 53.3 Å². The van der Waals surface area contributed by atoms with Gasteiger partial charge in [-0.1, -0.05) is 41.9 Å². The maximum atomic E-state index is 13.7. The molecule has 2 rings (SSSR count). The zero-order valence-corrected chi connectivity index (χ0v) is 10.1. The van der Waals surface area contributed by atoms with Crippen molar-refractivity contribution in [3.63, 3.8) is 0 Å². The molecule has 0 bridgehead atoms. The minimum Gasteiger partial charge on any atom is -0.490 e. The van der Waals surface area contributed by atoms with Gasteiger partial charge in [0.25, 0.3) is 0 Å². The SMILES string of the molecule is CCOc1c(F)cccc1-c1ccc[c]c1Cl. The summed E-state index contributed by atoms with van der Waals surface area (Å²) < 4.78 is 19.0. The lowest BCUT2D eigenvalue weighted by molar-refractivity contribution is 0.323. The third-order valence-electron chi connectivity index (χ3n) is 2.35. The van der Waals surface area contributed by atoms with Gasteiger partial charge in [-0.25, -0.2) is 4.39 Å². The normalized spacial score (nSPS) is 10.3. The average Bonchev–Trinajstić information content (AvgIpc) is 2.33.